The van der Waals surface area contributed by atoms with Gasteiger partial charge in [0.05, 0.1) is 14.5 Å². The Bertz CT molecular complexity index is 237. The van der Waals surface area contributed by atoms with Crippen molar-refractivity contribution in [2.45, 2.75) is 6.92 Å². The first kappa shape index (κ1) is 7.84. The summed E-state index contributed by atoms with van der Waals surface area (Å²) in [7, 11) is 2.17. The lowest BCUT2D eigenvalue weighted by atomic mass is 10.2. The first-order chi connectivity index (χ1) is 4.74. The van der Waals surface area contributed by atoms with Gasteiger partial charge in [-0.05, 0) is 24.6 Å². The van der Waals surface area contributed by atoms with Crippen molar-refractivity contribution in [2.75, 3.05) is 0 Å². The van der Waals surface area contributed by atoms with Crippen molar-refractivity contribution in [3.63, 3.8) is 0 Å². The first-order valence-electron chi connectivity index (χ1n) is 2.87. The molecule has 1 aromatic carbocycles. The molecular formula is C7H8ClOP. The standard InChI is InChI=1S/C7H8ClOP/c1-5-2-3-6(8)7(4-5)9-10/h2-4H,10H2,1H3. The highest BCUT2D eigenvalue weighted by molar-refractivity contribution is 7.10. The van der Waals surface area contributed by atoms with Crippen LogP contribution in [0.1, 0.15) is 5.56 Å². The second kappa shape index (κ2) is 3.23. The molecule has 0 saturated carbocycles. The zero-order valence-corrected chi connectivity index (χ0v) is 7.51. The topological polar surface area (TPSA) is 9.23 Å². The molecule has 1 aromatic rings. The van der Waals surface area contributed by atoms with E-state index in [9.17, 15) is 0 Å². The Morgan fingerprint density at radius 2 is 2.20 bits per heavy atom. The SMILES string of the molecule is Cc1ccc(Cl)c(OP)c1. The van der Waals surface area contributed by atoms with Gasteiger partial charge in [0.1, 0.15) is 5.75 Å². The van der Waals surface area contributed by atoms with Crippen molar-refractivity contribution in [1.82, 2.24) is 0 Å². The van der Waals surface area contributed by atoms with E-state index in [0.29, 0.717) is 10.8 Å². The van der Waals surface area contributed by atoms with Crippen molar-refractivity contribution in [3.8, 4) is 5.75 Å². The van der Waals surface area contributed by atoms with Crippen molar-refractivity contribution in [2.24, 2.45) is 0 Å². The molecule has 0 aliphatic heterocycles. The summed E-state index contributed by atoms with van der Waals surface area (Å²) < 4.78 is 4.91. The summed E-state index contributed by atoms with van der Waals surface area (Å²) >= 11 is 5.76. The molecule has 0 heterocycles. The monoisotopic (exact) mass is 174 g/mol. The van der Waals surface area contributed by atoms with Crippen molar-refractivity contribution < 1.29 is 4.52 Å². The highest BCUT2D eigenvalue weighted by Gasteiger charge is 1.97. The van der Waals surface area contributed by atoms with E-state index in [4.69, 9.17) is 16.1 Å². The van der Waals surface area contributed by atoms with Crippen LogP contribution in [0.3, 0.4) is 0 Å². The molecule has 54 valence electrons. The normalized spacial score (nSPS) is 9.50. The van der Waals surface area contributed by atoms with E-state index in [2.05, 4.69) is 9.47 Å². The van der Waals surface area contributed by atoms with Crippen molar-refractivity contribution >= 4 is 21.1 Å². The minimum absolute atomic E-state index is 0.639. The van der Waals surface area contributed by atoms with Crippen LogP contribution in [-0.2, 0) is 0 Å². The number of aryl methyl sites for hydroxylation is 1. The van der Waals surface area contributed by atoms with E-state index >= 15 is 0 Å². The quantitative estimate of drug-likeness (QED) is 0.595. The van der Waals surface area contributed by atoms with Gasteiger partial charge in [-0.1, -0.05) is 17.7 Å². The van der Waals surface area contributed by atoms with Gasteiger partial charge >= 0.3 is 0 Å². The van der Waals surface area contributed by atoms with Gasteiger partial charge in [-0.25, -0.2) is 0 Å². The number of hydrogen-bond donors (Lipinski definition) is 0. The van der Waals surface area contributed by atoms with E-state index in [1.165, 1.54) is 0 Å². The minimum atomic E-state index is 0.639. The molecule has 0 aliphatic rings. The van der Waals surface area contributed by atoms with Crippen LogP contribution in [0, 0.1) is 6.92 Å². The fraction of sp³-hybridized carbons (Fsp3) is 0.143. The summed E-state index contributed by atoms with van der Waals surface area (Å²) in [5.74, 6) is 0.701. The van der Waals surface area contributed by atoms with Gasteiger partial charge in [0.2, 0.25) is 0 Å². The third-order valence-electron chi connectivity index (χ3n) is 1.21. The fourth-order valence-corrected chi connectivity index (χ4v) is 1.13. The fourth-order valence-electron chi connectivity index (χ4n) is 0.701. The van der Waals surface area contributed by atoms with Gasteiger partial charge in [0, 0.05) is 0 Å². The molecule has 1 nitrogen and oxygen atoms in total. The molecule has 0 aliphatic carbocycles. The third kappa shape index (κ3) is 1.62. The molecule has 0 N–H and O–H groups in total. The van der Waals surface area contributed by atoms with E-state index < -0.39 is 0 Å². The first-order valence-corrected chi connectivity index (χ1v) is 3.72. The molecule has 0 bridgehead atoms. The molecule has 0 saturated heterocycles. The van der Waals surface area contributed by atoms with Gasteiger partial charge in [0.15, 0.2) is 0 Å². The zero-order valence-electron chi connectivity index (χ0n) is 5.60. The summed E-state index contributed by atoms with van der Waals surface area (Å²) in [6, 6.07) is 5.64. The van der Waals surface area contributed by atoms with Crippen molar-refractivity contribution in [1.29, 1.82) is 0 Å². The molecule has 1 rings (SSSR count). The average molecular weight is 175 g/mol. The van der Waals surface area contributed by atoms with E-state index in [0.717, 1.165) is 5.56 Å². The molecule has 0 fully saturated rings. The van der Waals surface area contributed by atoms with E-state index in [-0.39, 0.29) is 0 Å². The minimum Gasteiger partial charge on any atom is -0.479 e. The Balaban J connectivity index is 3.09. The van der Waals surface area contributed by atoms with Gasteiger partial charge in [0.25, 0.3) is 0 Å². The van der Waals surface area contributed by atoms with Crippen LogP contribution in [0.4, 0.5) is 0 Å². The van der Waals surface area contributed by atoms with Gasteiger partial charge in [-0.3, -0.25) is 0 Å². The summed E-state index contributed by atoms with van der Waals surface area (Å²) in [6.45, 7) is 1.99. The third-order valence-corrected chi connectivity index (χ3v) is 1.78. The second-order valence-corrected chi connectivity index (χ2v) is 2.69. The van der Waals surface area contributed by atoms with Crippen LogP contribution in [0.15, 0.2) is 18.2 Å². The summed E-state index contributed by atoms with van der Waals surface area (Å²) in [4.78, 5) is 0. The van der Waals surface area contributed by atoms with Crippen LogP contribution in [0.25, 0.3) is 0 Å². The number of halogens is 1. The molecule has 1 atom stereocenters. The van der Waals surface area contributed by atoms with E-state index in [1.54, 1.807) is 0 Å². The molecule has 0 amide bonds. The highest BCUT2D eigenvalue weighted by Crippen LogP contribution is 2.26. The predicted molar refractivity (Wildman–Crippen MR) is 46.5 cm³/mol. The van der Waals surface area contributed by atoms with Crippen LogP contribution in [0.5, 0.6) is 5.75 Å². The Morgan fingerprint density at radius 3 is 2.70 bits per heavy atom. The molecule has 3 heteroatoms. The smallest absolute Gasteiger partial charge is 0.141 e. The summed E-state index contributed by atoms with van der Waals surface area (Å²) in [6.07, 6.45) is 0. The maximum atomic E-state index is 5.76. The molecule has 10 heavy (non-hydrogen) atoms. The van der Waals surface area contributed by atoms with Crippen LogP contribution < -0.4 is 4.52 Å². The maximum absolute atomic E-state index is 5.76. The summed E-state index contributed by atoms with van der Waals surface area (Å²) in [5.41, 5.74) is 1.14. The Morgan fingerprint density at radius 1 is 1.50 bits per heavy atom. The van der Waals surface area contributed by atoms with Crippen LogP contribution in [-0.4, -0.2) is 0 Å². The molecule has 0 aromatic heterocycles. The van der Waals surface area contributed by atoms with Gasteiger partial charge < -0.3 is 4.52 Å². The van der Waals surface area contributed by atoms with E-state index in [1.807, 2.05) is 25.1 Å². The summed E-state index contributed by atoms with van der Waals surface area (Å²) in [5, 5.41) is 0.639. The number of benzene rings is 1. The molecule has 0 radical (unpaired) electrons. The van der Waals surface area contributed by atoms with Gasteiger partial charge in [-0.15, -0.1) is 0 Å². The van der Waals surface area contributed by atoms with Crippen LogP contribution >= 0.6 is 21.1 Å². The Labute approximate surface area is 67.6 Å². The highest BCUT2D eigenvalue weighted by atomic mass is 35.5. The second-order valence-electron chi connectivity index (χ2n) is 2.05. The average Bonchev–Trinajstić information content (AvgIpc) is 1.94. The zero-order chi connectivity index (χ0) is 7.56. The largest absolute Gasteiger partial charge is 0.479 e. The number of hydrogen-bond acceptors (Lipinski definition) is 1. The molecule has 0 spiro atoms. The lowest BCUT2D eigenvalue weighted by Gasteiger charge is -2.01. The number of rotatable bonds is 1. The molecular weight excluding hydrogens is 167 g/mol. The lowest BCUT2D eigenvalue weighted by molar-refractivity contribution is 0.645. The Kier molecular flexibility index (Phi) is 2.53. The maximum Gasteiger partial charge on any atom is 0.141 e. The predicted octanol–water partition coefficient (Wildman–Crippen LogP) is 2.82. The lowest BCUT2D eigenvalue weighted by Crippen LogP contribution is -1.77. The van der Waals surface area contributed by atoms with Gasteiger partial charge in [-0.2, -0.15) is 0 Å². The van der Waals surface area contributed by atoms with Crippen molar-refractivity contribution in [3.05, 3.63) is 28.8 Å². The van der Waals surface area contributed by atoms with Crippen LogP contribution in [0.2, 0.25) is 5.02 Å². The molecule has 1 unspecified atom stereocenters. The Hall–Kier alpha value is -0.260.